The molecule has 0 spiro atoms. The van der Waals surface area contributed by atoms with E-state index in [1.54, 1.807) is 24.4 Å². The van der Waals surface area contributed by atoms with Crippen molar-refractivity contribution >= 4 is 11.6 Å². The molecule has 2 aliphatic heterocycles. The minimum absolute atomic E-state index is 0.136. The van der Waals surface area contributed by atoms with Gasteiger partial charge in [-0.05, 0) is 68.8 Å². The van der Waals surface area contributed by atoms with Crippen LogP contribution >= 0.6 is 0 Å². The molecule has 6 rings (SSSR count). The van der Waals surface area contributed by atoms with Crippen LogP contribution in [0, 0.1) is 13.8 Å². The van der Waals surface area contributed by atoms with Crippen LogP contribution in [-0.2, 0) is 19.8 Å². The number of aryl methyl sites for hydroxylation is 2. The first-order chi connectivity index (χ1) is 19.0. The zero-order valence-corrected chi connectivity index (χ0v) is 22.9. The summed E-state index contributed by atoms with van der Waals surface area (Å²) in [4.78, 5) is 17.8. The van der Waals surface area contributed by atoms with Gasteiger partial charge in [-0.2, -0.15) is 18.3 Å². The highest BCUT2D eigenvalue weighted by Gasteiger charge is 2.41. The van der Waals surface area contributed by atoms with Crippen molar-refractivity contribution in [3.05, 3.63) is 76.7 Å². The van der Waals surface area contributed by atoms with Crippen LogP contribution in [0.15, 0.2) is 48.8 Å². The van der Waals surface area contributed by atoms with Gasteiger partial charge in [-0.1, -0.05) is 6.07 Å². The monoisotopic (exact) mass is 551 g/mol. The fraction of sp³-hybridized carbons (Fsp3) is 0.379. The molecule has 0 radical (unpaired) electrons. The molecule has 11 heteroatoms. The number of hydrogen-bond donors (Lipinski definition) is 2. The third-order valence-corrected chi connectivity index (χ3v) is 8.33. The smallest absolute Gasteiger partial charge is 0.322 e. The van der Waals surface area contributed by atoms with Gasteiger partial charge >= 0.3 is 6.18 Å². The lowest BCUT2D eigenvalue weighted by Gasteiger charge is -2.32. The molecule has 2 unspecified atom stereocenters. The molecule has 2 atom stereocenters. The molecule has 210 valence electrons. The number of nitrogens with one attached hydrogen (secondary N) is 2. The molecule has 2 fully saturated rings. The number of fused-ring (bicyclic) bond motifs is 2. The van der Waals surface area contributed by atoms with E-state index in [0.717, 1.165) is 53.8 Å². The number of piperazine rings is 1. The highest BCUT2D eigenvalue weighted by atomic mass is 19.4. The maximum atomic E-state index is 13.8. The summed E-state index contributed by atoms with van der Waals surface area (Å²) in [6.07, 6.45) is 0.251. The Balaban J connectivity index is 1.24. The lowest BCUT2D eigenvalue weighted by Crippen LogP contribution is -2.43. The van der Waals surface area contributed by atoms with E-state index in [0.29, 0.717) is 29.8 Å². The minimum Gasteiger partial charge on any atom is -0.322 e. The van der Waals surface area contributed by atoms with Crippen LogP contribution in [0.3, 0.4) is 0 Å². The predicted octanol–water partition coefficient (Wildman–Crippen LogP) is 4.98. The zero-order chi connectivity index (χ0) is 28.3. The first-order valence-electron chi connectivity index (χ1n) is 13.3. The predicted molar refractivity (Wildman–Crippen MR) is 146 cm³/mol. The van der Waals surface area contributed by atoms with Gasteiger partial charge in [-0.3, -0.25) is 24.2 Å². The second-order valence-electron chi connectivity index (χ2n) is 11.1. The molecular weight excluding hydrogens is 519 g/mol. The Morgan fingerprint density at radius 1 is 1.10 bits per heavy atom. The highest BCUT2D eigenvalue weighted by Crippen LogP contribution is 2.35. The van der Waals surface area contributed by atoms with Gasteiger partial charge in [0.1, 0.15) is 0 Å². The molecule has 2 N–H and O–H groups in total. The third-order valence-electron chi connectivity index (χ3n) is 8.33. The molecule has 2 aliphatic rings. The second kappa shape index (κ2) is 9.67. The van der Waals surface area contributed by atoms with E-state index in [1.807, 2.05) is 42.5 Å². The number of aromatic amines is 1. The lowest BCUT2D eigenvalue weighted by molar-refractivity contribution is -0.137. The minimum atomic E-state index is -4.52. The number of H-pyrrole nitrogens is 1. The number of likely N-dealkylation sites (tertiary alicyclic amines) is 2. The van der Waals surface area contributed by atoms with Crippen LogP contribution in [0.1, 0.15) is 39.2 Å². The van der Waals surface area contributed by atoms with Crippen LogP contribution in [0.4, 0.5) is 18.9 Å². The molecule has 4 heterocycles. The summed E-state index contributed by atoms with van der Waals surface area (Å²) in [5.41, 5.74) is 4.95. The normalized spacial score (nSPS) is 19.6. The maximum absolute atomic E-state index is 13.8. The van der Waals surface area contributed by atoms with E-state index in [-0.39, 0.29) is 5.69 Å². The van der Waals surface area contributed by atoms with E-state index in [1.165, 1.54) is 6.07 Å². The van der Waals surface area contributed by atoms with Gasteiger partial charge in [0.2, 0.25) is 0 Å². The molecular formula is C29H32F3N7O. The summed E-state index contributed by atoms with van der Waals surface area (Å²) in [6, 6.07) is 9.93. The summed E-state index contributed by atoms with van der Waals surface area (Å²) in [5.74, 6) is -0.466. The van der Waals surface area contributed by atoms with Crippen LogP contribution in [0.2, 0.25) is 0 Å². The Hall–Kier alpha value is -3.83. The van der Waals surface area contributed by atoms with Crippen molar-refractivity contribution in [3.8, 4) is 16.9 Å². The SMILES string of the molecule is Cc1ccc(C(=O)Nc2cc(CN3CC4CC3CN4C)cc(C(F)(F)F)c2)cc1-n1cc(-c2cn[nH]c2C)n1C. The number of carbonyl (C=O) groups excluding carboxylic acids is 1. The summed E-state index contributed by atoms with van der Waals surface area (Å²) in [7, 11) is 4.01. The molecule has 2 bridgehead atoms. The van der Waals surface area contributed by atoms with Crippen LogP contribution in [0.5, 0.6) is 0 Å². The molecule has 0 aliphatic carbocycles. The molecule has 2 saturated heterocycles. The third kappa shape index (κ3) is 4.73. The summed E-state index contributed by atoms with van der Waals surface area (Å²) in [5, 5.41) is 9.74. The van der Waals surface area contributed by atoms with Crippen LogP contribution in [-0.4, -0.2) is 67.5 Å². The summed E-state index contributed by atoms with van der Waals surface area (Å²) in [6.45, 7) is 6.08. The molecule has 1 amide bonds. The largest absolute Gasteiger partial charge is 0.416 e. The van der Waals surface area contributed by atoms with Crippen molar-refractivity contribution in [1.29, 1.82) is 0 Å². The second-order valence-corrected chi connectivity index (χ2v) is 11.1. The number of benzene rings is 2. The van der Waals surface area contributed by atoms with Gasteiger partial charge in [-0.25, -0.2) is 0 Å². The first kappa shape index (κ1) is 26.4. The van der Waals surface area contributed by atoms with E-state index < -0.39 is 17.6 Å². The Kier molecular flexibility index (Phi) is 6.38. The number of alkyl halides is 3. The van der Waals surface area contributed by atoms with Crippen LogP contribution in [0.25, 0.3) is 16.9 Å². The average molecular weight is 552 g/mol. The molecule has 8 nitrogen and oxygen atoms in total. The number of nitrogens with zero attached hydrogens (tertiary/aromatic N) is 5. The summed E-state index contributed by atoms with van der Waals surface area (Å²) >= 11 is 0. The standard InChI is InChI=1S/C29H32F3N7O/c1-17-5-6-20(9-26(17)39-16-27(37(39)4)25-12-33-35-18(25)2)28(40)34-22-8-19(7-21(10-22)29(30,31)32)13-38-15-23-11-24(38)14-36(23)3/h5-10,12,16,23-24H,11,13-15H2,1-4H3,(H,33,35)(H,34,40). The maximum Gasteiger partial charge on any atom is 0.416 e. The van der Waals surface area contributed by atoms with Gasteiger partial charge in [0.25, 0.3) is 5.91 Å². The van der Waals surface area contributed by atoms with E-state index in [4.69, 9.17) is 0 Å². The van der Waals surface area contributed by atoms with Gasteiger partial charge in [0, 0.05) is 61.3 Å². The van der Waals surface area contributed by atoms with E-state index >= 15 is 0 Å². The number of aromatic nitrogens is 4. The van der Waals surface area contributed by atoms with Crippen molar-refractivity contribution in [2.24, 2.45) is 7.05 Å². The van der Waals surface area contributed by atoms with Crippen molar-refractivity contribution in [1.82, 2.24) is 29.4 Å². The van der Waals surface area contributed by atoms with Crippen LogP contribution < -0.4 is 5.32 Å². The lowest BCUT2D eigenvalue weighted by atomic mass is 10.1. The van der Waals surface area contributed by atoms with Gasteiger partial charge in [-0.15, -0.1) is 0 Å². The van der Waals surface area contributed by atoms with Gasteiger partial charge in [0.15, 0.2) is 0 Å². The van der Waals surface area contributed by atoms with Crippen molar-refractivity contribution in [3.63, 3.8) is 0 Å². The van der Waals surface area contributed by atoms with Gasteiger partial charge < -0.3 is 10.2 Å². The molecule has 2 aromatic carbocycles. The fourth-order valence-electron chi connectivity index (χ4n) is 6.03. The Morgan fingerprint density at radius 2 is 1.90 bits per heavy atom. The zero-order valence-electron chi connectivity index (χ0n) is 22.9. The molecule has 40 heavy (non-hydrogen) atoms. The Bertz CT molecular complexity index is 1580. The quantitative estimate of drug-likeness (QED) is 0.355. The molecule has 0 saturated carbocycles. The van der Waals surface area contributed by atoms with Crippen molar-refractivity contribution in [2.45, 2.75) is 45.1 Å². The number of halogens is 3. The fourth-order valence-corrected chi connectivity index (χ4v) is 6.03. The summed E-state index contributed by atoms with van der Waals surface area (Å²) < 4.78 is 45.3. The number of likely N-dealkylation sites (N-methyl/N-ethyl adjacent to an activating group) is 1. The number of carbonyl (C=O) groups is 1. The first-order valence-corrected chi connectivity index (χ1v) is 13.3. The van der Waals surface area contributed by atoms with Crippen molar-refractivity contribution < 1.29 is 18.0 Å². The van der Waals surface area contributed by atoms with Gasteiger partial charge in [0.05, 0.1) is 29.3 Å². The Morgan fingerprint density at radius 3 is 2.52 bits per heavy atom. The molecule has 4 aromatic rings. The topological polar surface area (TPSA) is 74.1 Å². The highest BCUT2D eigenvalue weighted by molar-refractivity contribution is 6.04. The van der Waals surface area contributed by atoms with E-state index in [2.05, 4.69) is 32.4 Å². The average Bonchev–Trinajstić information content (AvgIpc) is 3.59. The Labute approximate surface area is 230 Å². The van der Waals surface area contributed by atoms with Crippen molar-refractivity contribution in [2.75, 3.05) is 25.5 Å². The van der Waals surface area contributed by atoms with E-state index in [9.17, 15) is 18.0 Å². The number of rotatable bonds is 6. The molecule has 2 aromatic heterocycles. The number of amides is 1. The number of hydrogen-bond acceptors (Lipinski definition) is 4. The number of anilines is 1.